The monoisotopic (exact) mass is 463 g/mol. The van der Waals surface area contributed by atoms with Crippen LogP contribution in [0.25, 0.3) is 5.76 Å². The third-order valence-electron chi connectivity index (χ3n) is 5.41. The van der Waals surface area contributed by atoms with E-state index in [1.165, 1.54) is 18.1 Å². The van der Waals surface area contributed by atoms with Crippen LogP contribution < -0.4 is 14.4 Å². The van der Waals surface area contributed by atoms with Gasteiger partial charge >= 0.3 is 0 Å². The van der Waals surface area contributed by atoms with Gasteiger partial charge in [0.1, 0.15) is 17.3 Å². The zero-order chi connectivity index (χ0) is 23.5. The Balaban J connectivity index is 1.93. The Morgan fingerprint density at radius 2 is 1.67 bits per heavy atom. The summed E-state index contributed by atoms with van der Waals surface area (Å²) in [5.74, 6) is -0.783. The minimum atomic E-state index is -0.856. The molecule has 1 fully saturated rings. The van der Waals surface area contributed by atoms with E-state index in [-0.39, 0.29) is 21.9 Å². The average Bonchev–Trinajstić information content (AvgIpc) is 3.10. The number of nitrogens with zero attached hydrogens (tertiary/aromatic N) is 1. The summed E-state index contributed by atoms with van der Waals surface area (Å²) in [6.07, 6.45) is 0. The van der Waals surface area contributed by atoms with Crippen molar-refractivity contribution in [3.05, 3.63) is 94.5 Å². The average molecular weight is 464 g/mol. The van der Waals surface area contributed by atoms with Crippen LogP contribution in [0.3, 0.4) is 0 Å². The van der Waals surface area contributed by atoms with E-state index in [1.807, 2.05) is 13.0 Å². The number of rotatable bonds is 6. The number of methoxy groups -OCH3 is 1. The van der Waals surface area contributed by atoms with Crippen LogP contribution in [-0.2, 0) is 9.59 Å². The molecule has 0 saturated carbocycles. The molecule has 1 N–H and O–H groups in total. The van der Waals surface area contributed by atoms with Crippen molar-refractivity contribution in [3.8, 4) is 11.5 Å². The van der Waals surface area contributed by atoms with Crippen molar-refractivity contribution >= 4 is 34.7 Å². The Morgan fingerprint density at radius 1 is 1.00 bits per heavy atom. The van der Waals surface area contributed by atoms with Crippen molar-refractivity contribution < 1.29 is 24.2 Å². The quantitative estimate of drug-likeness (QED) is 0.302. The number of aliphatic hydroxyl groups is 1. The van der Waals surface area contributed by atoms with E-state index in [4.69, 9.17) is 21.1 Å². The maximum absolute atomic E-state index is 13.2. The first-order valence-electron chi connectivity index (χ1n) is 10.4. The van der Waals surface area contributed by atoms with Crippen LogP contribution in [0.5, 0.6) is 11.5 Å². The number of para-hydroxylation sites is 1. The van der Waals surface area contributed by atoms with Gasteiger partial charge in [-0.1, -0.05) is 41.9 Å². The van der Waals surface area contributed by atoms with E-state index in [2.05, 4.69) is 0 Å². The van der Waals surface area contributed by atoms with E-state index in [9.17, 15) is 14.7 Å². The fraction of sp³-hybridized carbons (Fsp3) is 0.154. The number of amides is 1. The third kappa shape index (κ3) is 4.17. The van der Waals surface area contributed by atoms with Gasteiger partial charge in [-0.15, -0.1) is 0 Å². The highest BCUT2D eigenvalue weighted by atomic mass is 35.5. The second kappa shape index (κ2) is 9.38. The SMILES string of the molecule is CCOc1ccc(C2/C(=C(\O)c3cc(OC)ccc3Cl)C(=O)C(=O)N2c2ccccc2)cc1. The maximum atomic E-state index is 13.2. The van der Waals surface area contributed by atoms with Crippen molar-refractivity contribution in [1.29, 1.82) is 0 Å². The number of hydrogen-bond donors (Lipinski definition) is 1. The molecular weight excluding hydrogens is 442 g/mol. The molecule has 1 atom stereocenters. The van der Waals surface area contributed by atoms with E-state index in [0.29, 0.717) is 29.4 Å². The van der Waals surface area contributed by atoms with Crippen molar-refractivity contribution in [2.75, 3.05) is 18.6 Å². The standard InChI is InChI=1S/C26H22ClNO5/c1-3-33-18-11-9-16(10-12-18)23-22(24(29)20-15-19(32-2)13-14-21(20)27)25(30)26(31)28(23)17-7-5-4-6-8-17/h4-15,23,29H,3H2,1-2H3/b24-22+. The molecule has 3 aromatic carbocycles. The van der Waals surface area contributed by atoms with Crippen molar-refractivity contribution in [3.63, 3.8) is 0 Å². The van der Waals surface area contributed by atoms with Crippen LogP contribution in [-0.4, -0.2) is 30.5 Å². The number of ketones is 1. The van der Waals surface area contributed by atoms with Gasteiger partial charge in [-0.05, 0) is 55.0 Å². The van der Waals surface area contributed by atoms with E-state index in [0.717, 1.165) is 0 Å². The van der Waals surface area contributed by atoms with Gasteiger partial charge < -0.3 is 14.6 Å². The molecule has 0 aromatic heterocycles. The maximum Gasteiger partial charge on any atom is 0.300 e. The van der Waals surface area contributed by atoms with Gasteiger partial charge in [0.05, 0.1) is 30.4 Å². The smallest absolute Gasteiger partial charge is 0.300 e. The van der Waals surface area contributed by atoms with Crippen LogP contribution in [0.4, 0.5) is 5.69 Å². The summed E-state index contributed by atoms with van der Waals surface area (Å²) < 4.78 is 10.8. The number of ether oxygens (including phenoxy) is 2. The molecule has 1 aliphatic heterocycles. The number of carbonyl (C=O) groups is 2. The number of halogens is 1. The highest BCUT2D eigenvalue weighted by molar-refractivity contribution is 6.52. The lowest BCUT2D eigenvalue weighted by Crippen LogP contribution is -2.29. The summed E-state index contributed by atoms with van der Waals surface area (Å²) in [5, 5.41) is 11.5. The van der Waals surface area contributed by atoms with Gasteiger partial charge in [0.15, 0.2) is 0 Å². The summed E-state index contributed by atoms with van der Waals surface area (Å²) in [5.41, 5.74) is 1.33. The van der Waals surface area contributed by atoms with Crippen molar-refractivity contribution in [2.45, 2.75) is 13.0 Å². The largest absolute Gasteiger partial charge is 0.507 e. The summed E-state index contributed by atoms with van der Waals surface area (Å²) >= 11 is 6.34. The van der Waals surface area contributed by atoms with Crippen LogP contribution in [0.1, 0.15) is 24.1 Å². The lowest BCUT2D eigenvalue weighted by molar-refractivity contribution is -0.132. The topological polar surface area (TPSA) is 76.1 Å². The summed E-state index contributed by atoms with van der Waals surface area (Å²) in [4.78, 5) is 27.8. The molecule has 168 valence electrons. The van der Waals surface area contributed by atoms with Crippen LogP contribution >= 0.6 is 11.6 Å². The zero-order valence-corrected chi connectivity index (χ0v) is 18.9. The fourth-order valence-corrected chi connectivity index (χ4v) is 4.08. The van der Waals surface area contributed by atoms with Crippen LogP contribution in [0.2, 0.25) is 5.02 Å². The Kier molecular flexibility index (Phi) is 6.38. The van der Waals surface area contributed by atoms with Crippen molar-refractivity contribution in [2.24, 2.45) is 0 Å². The number of hydrogen-bond acceptors (Lipinski definition) is 5. The molecule has 3 aromatic rings. The Labute approximate surface area is 196 Å². The van der Waals surface area contributed by atoms with Gasteiger partial charge in [-0.2, -0.15) is 0 Å². The molecule has 1 unspecified atom stereocenters. The summed E-state index contributed by atoms with van der Waals surface area (Å²) in [7, 11) is 1.49. The number of anilines is 1. The van der Waals surface area contributed by atoms with Gasteiger partial charge in [0.25, 0.3) is 11.7 Å². The summed E-state index contributed by atoms with van der Waals surface area (Å²) in [6.45, 7) is 2.40. The molecule has 0 aliphatic carbocycles. The zero-order valence-electron chi connectivity index (χ0n) is 18.1. The number of carbonyl (C=O) groups excluding carboxylic acids is 2. The molecule has 1 aliphatic rings. The van der Waals surface area contributed by atoms with Gasteiger partial charge in [-0.25, -0.2) is 0 Å². The highest BCUT2D eigenvalue weighted by Gasteiger charge is 2.47. The van der Waals surface area contributed by atoms with E-state index >= 15 is 0 Å². The van der Waals surface area contributed by atoms with Gasteiger partial charge in [0.2, 0.25) is 0 Å². The molecule has 6 nitrogen and oxygen atoms in total. The molecular formula is C26H22ClNO5. The molecule has 0 radical (unpaired) electrons. The first-order chi connectivity index (χ1) is 16.0. The van der Waals surface area contributed by atoms with Gasteiger partial charge in [0, 0.05) is 11.3 Å². The normalized spacial score (nSPS) is 17.3. The predicted molar refractivity (Wildman–Crippen MR) is 127 cm³/mol. The second-order valence-corrected chi connectivity index (χ2v) is 7.76. The third-order valence-corrected chi connectivity index (χ3v) is 5.74. The van der Waals surface area contributed by atoms with E-state index in [1.54, 1.807) is 60.7 Å². The molecule has 1 saturated heterocycles. The molecule has 1 amide bonds. The molecule has 4 rings (SSSR count). The Morgan fingerprint density at radius 3 is 2.30 bits per heavy atom. The molecule has 1 heterocycles. The molecule has 0 spiro atoms. The highest BCUT2D eigenvalue weighted by Crippen LogP contribution is 2.43. The Hall–Kier alpha value is -3.77. The molecule has 7 heteroatoms. The first-order valence-corrected chi connectivity index (χ1v) is 10.8. The van der Waals surface area contributed by atoms with Crippen molar-refractivity contribution in [1.82, 2.24) is 0 Å². The second-order valence-electron chi connectivity index (χ2n) is 7.35. The first kappa shape index (κ1) is 22.4. The van der Waals surface area contributed by atoms with E-state index < -0.39 is 17.7 Å². The number of Topliss-reactive ketones (excluding diaryl/α,β-unsaturated/α-hetero) is 1. The number of benzene rings is 3. The van der Waals surface area contributed by atoms with Crippen LogP contribution in [0.15, 0.2) is 78.4 Å². The summed E-state index contributed by atoms with van der Waals surface area (Å²) in [6, 6.07) is 19.8. The fourth-order valence-electron chi connectivity index (χ4n) is 3.87. The lowest BCUT2D eigenvalue weighted by atomic mass is 9.95. The molecule has 33 heavy (non-hydrogen) atoms. The predicted octanol–water partition coefficient (Wildman–Crippen LogP) is 5.37. The molecule has 0 bridgehead atoms. The Bertz CT molecular complexity index is 1220. The van der Waals surface area contributed by atoms with Gasteiger partial charge in [-0.3, -0.25) is 14.5 Å². The van der Waals surface area contributed by atoms with Crippen LogP contribution in [0, 0.1) is 0 Å². The minimum absolute atomic E-state index is 0.0526. The number of aliphatic hydroxyl groups excluding tert-OH is 1. The lowest BCUT2D eigenvalue weighted by Gasteiger charge is -2.25. The minimum Gasteiger partial charge on any atom is -0.507 e.